The topological polar surface area (TPSA) is 207 Å². The number of furan rings is 2. The van der Waals surface area contributed by atoms with E-state index in [1.165, 1.54) is 38.4 Å². The van der Waals surface area contributed by atoms with Crippen molar-refractivity contribution in [3.8, 4) is 44.9 Å². The Balaban J connectivity index is 0.000000166. The summed E-state index contributed by atoms with van der Waals surface area (Å²) in [6.45, 7) is 0.721. The third kappa shape index (κ3) is 9.76. The predicted octanol–water partition coefficient (Wildman–Crippen LogP) is 10.5. The second kappa shape index (κ2) is 20.7. The van der Waals surface area contributed by atoms with E-state index in [2.05, 4.69) is 26.6 Å². The van der Waals surface area contributed by atoms with Crippen LogP contribution in [0.2, 0.25) is 0 Å². The molecule has 0 radical (unpaired) electrons. The van der Waals surface area contributed by atoms with Gasteiger partial charge in [0.05, 0.1) is 18.2 Å². The summed E-state index contributed by atoms with van der Waals surface area (Å²) in [7, 11) is 4.40. The van der Waals surface area contributed by atoms with Crippen LogP contribution in [0.5, 0.6) is 0 Å². The highest BCUT2D eigenvalue weighted by molar-refractivity contribution is 6.13. The molecule has 0 aliphatic heterocycles. The molecule has 5 amide bonds. The van der Waals surface area contributed by atoms with Crippen LogP contribution in [0.3, 0.4) is 0 Å². The number of carbonyl (C=O) groups is 5. The van der Waals surface area contributed by atoms with Gasteiger partial charge in [-0.2, -0.15) is 0 Å². The molecule has 4 bridgehead atoms. The van der Waals surface area contributed by atoms with Gasteiger partial charge in [0.2, 0.25) is 0 Å². The first-order valence-electron chi connectivity index (χ1n) is 26.2. The molecule has 2 aromatic heterocycles. The fourth-order valence-electron chi connectivity index (χ4n) is 11.7. The minimum atomic E-state index is -0.543. The molecule has 0 atom stereocenters. The molecule has 0 spiro atoms. The maximum atomic E-state index is 13.7. The van der Waals surface area contributed by atoms with E-state index >= 15 is 0 Å². The number of halogens is 2. The molecule has 7 N–H and O–H groups in total. The first-order chi connectivity index (χ1) is 37.7. The molecular formula is C62H58F2N6O8. The van der Waals surface area contributed by atoms with Gasteiger partial charge in [-0.1, -0.05) is 24.3 Å². The number of nitrogens with two attached hydrogens (primary N) is 1. The Bertz CT molecular complexity index is 3660. The van der Waals surface area contributed by atoms with Gasteiger partial charge >= 0.3 is 6.09 Å². The van der Waals surface area contributed by atoms with Crippen molar-refractivity contribution in [2.75, 3.05) is 34.3 Å². The van der Waals surface area contributed by atoms with Gasteiger partial charge < -0.3 is 45.9 Å². The number of amides is 5. The van der Waals surface area contributed by atoms with Crippen LogP contribution in [-0.4, -0.2) is 75.1 Å². The monoisotopic (exact) mass is 1050 g/mol. The van der Waals surface area contributed by atoms with Crippen molar-refractivity contribution >= 4 is 51.7 Å². The Morgan fingerprint density at radius 3 is 1.36 bits per heavy atom. The Morgan fingerprint density at radius 2 is 0.987 bits per heavy atom. The Morgan fingerprint density at radius 1 is 0.564 bits per heavy atom. The van der Waals surface area contributed by atoms with Gasteiger partial charge in [0.25, 0.3) is 23.6 Å². The number of nitrogens with one attached hydrogen (secondary N) is 5. The van der Waals surface area contributed by atoms with E-state index in [0.29, 0.717) is 92.8 Å². The van der Waals surface area contributed by atoms with E-state index in [1.54, 1.807) is 37.4 Å². The summed E-state index contributed by atoms with van der Waals surface area (Å²) in [6, 6.07) is 34.1. The van der Waals surface area contributed by atoms with Gasteiger partial charge in [0.1, 0.15) is 34.3 Å². The molecule has 0 unspecified atom stereocenters. The lowest BCUT2D eigenvalue weighted by Gasteiger charge is -2.61. The number of hydrogen-bond donors (Lipinski definition) is 6. The largest absolute Gasteiger partial charge is 0.455 e. The molecule has 14 nitrogen and oxygen atoms in total. The van der Waals surface area contributed by atoms with Crippen LogP contribution < -0.4 is 32.3 Å². The second-order valence-electron chi connectivity index (χ2n) is 21.1. The minimum absolute atomic E-state index is 0.00264. The summed E-state index contributed by atoms with van der Waals surface area (Å²) in [5.74, 6) is 0.642. The van der Waals surface area contributed by atoms with E-state index in [0.717, 1.165) is 83.7 Å². The van der Waals surface area contributed by atoms with E-state index in [1.807, 2.05) is 66.7 Å². The molecule has 14 rings (SSSR count). The van der Waals surface area contributed by atoms with E-state index in [9.17, 15) is 32.8 Å². The quantitative estimate of drug-likeness (QED) is 0.0577. The second-order valence-corrected chi connectivity index (χ2v) is 21.1. The third-order valence-electron chi connectivity index (χ3n) is 15.9. The van der Waals surface area contributed by atoms with Crippen LogP contribution >= 0.6 is 0 Å². The van der Waals surface area contributed by atoms with Gasteiger partial charge in [0, 0.05) is 64.7 Å². The average Bonchev–Trinajstić information content (AvgIpc) is 4.12. The van der Waals surface area contributed by atoms with Gasteiger partial charge in [-0.05, 0) is 200 Å². The molecule has 6 aromatic carbocycles. The van der Waals surface area contributed by atoms with Crippen molar-refractivity contribution < 1.29 is 46.3 Å². The zero-order valence-electron chi connectivity index (χ0n) is 43.4. The van der Waals surface area contributed by atoms with Crippen LogP contribution in [-0.2, 0) is 17.6 Å². The van der Waals surface area contributed by atoms with Crippen molar-refractivity contribution in [1.29, 1.82) is 0 Å². The van der Waals surface area contributed by atoms with Crippen LogP contribution in [0.15, 0.2) is 130 Å². The smallest absolute Gasteiger partial charge is 0.406 e. The Kier molecular flexibility index (Phi) is 13.7. The number of methoxy groups -OCH3 is 1. The standard InChI is InChI=1S/C32H30FN3O5.C30H28FN3O3/c1-34-30(38)27-25-14-24(20-4-3-5-22(12-20)29(37)36-32-15-18(16-32)17-32)21(10-11-35-31(39)40-2)13-26(25)41-28(27)19-6-8-23(33)9-7-19;1-33-29(36)26-24-13-23(19-3-2-4-21(11-19)28(35)34-30-14-17(15-30)16-30)20(9-10-32)12-25(24)37-27(26)18-5-7-22(31)8-6-18/h3-9,12-14,18H,10-11,15-17H2,1-2H3,(H,34,38)(H,35,39)(H,36,37);2-8,11-13,17H,9-10,14-16,32H2,1H3,(H,33,36)(H,34,35). The van der Waals surface area contributed by atoms with Crippen molar-refractivity contribution in [3.05, 3.63) is 166 Å². The summed E-state index contributed by atoms with van der Waals surface area (Å²) in [5.41, 5.74) is 15.1. The molecule has 6 aliphatic rings. The summed E-state index contributed by atoms with van der Waals surface area (Å²) >= 11 is 0. The molecular weight excluding hydrogens is 995 g/mol. The first kappa shape index (κ1) is 51.5. The lowest BCUT2D eigenvalue weighted by molar-refractivity contribution is -0.0442. The highest BCUT2D eigenvalue weighted by Gasteiger charge is 2.58. The normalized spacial score (nSPS) is 19.2. The number of hydrogen-bond acceptors (Lipinski definition) is 9. The van der Waals surface area contributed by atoms with Gasteiger partial charge in [-0.25, -0.2) is 13.6 Å². The zero-order valence-corrected chi connectivity index (χ0v) is 43.4. The summed E-state index contributed by atoms with van der Waals surface area (Å²) in [6.07, 6.45) is 6.86. The van der Waals surface area contributed by atoms with Crippen LogP contribution in [0.4, 0.5) is 13.6 Å². The maximum absolute atomic E-state index is 13.7. The van der Waals surface area contributed by atoms with Crippen LogP contribution in [0.1, 0.15) is 91.1 Å². The molecule has 2 heterocycles. The maximum Gasteiger partial charge on any atom is 0.406 e. The number of alkyl carbamates (subject to hydrolysis) is 1. The SMILES string of the molecule is CNC(=O)c1c(-c2ccc(F)cc2)oc2cc(CCN)c(-c3cccc(C(=O)NC45CC(C4)C5)c3)cc12.CNC(=O)c1c(-c2ccc(F)cc2)oc2cc(CCNC(=O)OC)c(-c3cccc(C(=O)NC45CC(C4)C5)c3)cc12. The van der Waals surface area contributed by atoms with Crippen LogP contribution in [0, 0.1) is 23.5 Å². The third-order valence-corrected chi connectivity index (χ3v) is 15.9. The first-order valence-corrected chi connectivity index (χ1v) is 26.2. The van der Waals surface area contributed by atoms with Crippen molar-refractivity contribution in [2.24, 2.45) is 17.6 Å². The van der Waals surface area contributed by atoms with Gasteiger partial charge in [-0.3, -0.25) is 19.2 Å². The van der Waals surface area contributed by atoms with E-state index in [4.69, 9.17) is 19.3 Å². The van der Waals surface area contributed by atoms with E-state index in [-0.39, 0.29) is 40.5 Å². The minimum Gasteiger partial charge on any atom is -0.455 e. The molecule has 6 saturated carbocycles. The van der Waals surface area contributed by atoms with Crippen molar-refractivity contribution in [2.45, 2.75) is 62.4 Å². The van der Waals surface area contributed by atoms with Gasteiger partial charge in [0.15, 0.2) is 0 Å². The highest BCUT2D eigenvalue weighted by atomic mass is 19.1. The zero-order chi connectivity index (χ0) is 54.5. The number of fused-ring (bicyclic) bond motifs is 2. The van der Waals surface area contributed by atoms with Gasteiger partial charge in [-0.15, -0.1) is 0 Å². The van der Waals surface area contributed by atoms with E-state index < -0.39 is 11.9 Å². The molecule has 16 heteroatoms. The lowest BCUT2D eigenvalue weighted by Crippen LogP contribution is -2.68. The number of rotatable bonds is 15. The summed E-state index contributed by atoms with van der Waals surface area (Å²) < 4.78 is 44.3. The number of benzene rings is 6. The molecule has 8 aromatic rings. The predicted molar refractivity (Wildman–Crippen MR) is 293 cm³/mol. The molecule has 78 heavy (non-hydrogen) atoms. The number of carbonyl (C=O) groups excluding carboxylic acids is 5. The van der Waals surface area contributed by atoms with Crippen molar-refractivity contribution in [1.82, 2.24) is 26.6 Å². The van der Waals surface area contributed by atoms with Crippen molar-refractivity contribution in [3.63, 3.8) is 0 Å². The molecule has 0 saturated heterocycles. The average molecular weight is 1050 g/mol. The fraction of sp³-hybridized carbons (Fsp3) is 0.274. The summed E-state index contributed by atoms with van der Waals surface area (Å²) in [4.78, 5) is 64.0. The summed E-state index contributed by atoms with van der Waals surface area (Å²) in [5, 5.41) is 15.7. The molecule has 6 fully saturated rings. The lowest BCUT2D eigenvalue weighted by atomic mass is 9.50. The van der Waals surface area contributed by atoms with Crippen LogP contribution in [0.25, 0.3) is 66.8 Å². The Labute approximate surface area is 448 Å². The highest BCUT2D eigenvalue weighted by Crippen LogP contribution is 2.58. The number of ether oxygens (including phenoxy) is 1. The molecule has 6 aliphatic carbocycles. The Hall–Kier alpha value is -8.63. The molecule has 398 valence electrons. The fourth-order valence-corrected chi connectivity index (χ4v) is 11.7.